The summed E-state index contributed by atoms with van der Waals surface area (Å²) >= 11 is 0. The van der Waals surface area contributed by atoms with Gasteiger partial charge in [-0.3, -0.25) is 30.0 Å². The third kappa shape index (κ3) is 23.1. The average Bonchev–Trinajstić information content (AvgIpc) is 0.976. The lowest BCUT2D eigenvalue weighted by Gasteiger charge is -2.49. The number of hydrogen-bond acceptors (Lipinski definition) is 15. The molecule has 20 nitrogen and oxygen atoms in total. The summed E-state index contributed by atoms with van der Waals surface area (Å²) in [6.45, 7) is 4.93. The van der Waals surface area contributed by atoms with Crippen molar-refractivity contribution < 1.29 is 127 Å². The van der Waals surface area contributed by atoms with Crippen molar-refractivity contribution >= 4 is 12.2 Å². The van der Waals surface area contributed by atoms with Gasteiger partial charge >= 0.3 is 49.2 Å². The van der Waals surface area contributed by atoms with Gasteiger partial charge in [0.25, 0.3) is 5.54 Å². The molecule has 1 aromatic heterocycles. The van der Waals surface area contributed by atoms with Gasteiger partial charge in [-0.1, -0.05) is 152 Å². The van der Waals surface area contributed by atoms with Crippen molar-refractivity contribution in [1.82, 2.24) is 29.9 Å². The molecule has 3 aliphatic heterocycles. The average molecular weight is 1780 g/mol. The van der Waals surface area contributed by atoms with Crippen molar-refractivity contribution in [1.29, 1.82) is 0 Å². The summed E-state index contributed by atoms with van der Waals surface area (Å²) in [4.78, 5) is 52.7. The summed E-state index contributed by atoms with van der Waals surface area (Å²) in [5.74, 6) is 0. The van der Waals surface area contributed by atoms with Gasteiger partial charge in [-0.05, 0) is 152 Å². The Hall–Kier alpha value is -11.2. The maximum Gasteiger partial charge on any atom is 0.416 e. The highest BCUT2D eigenvalue weighted by Gasteiger charge is 2.59. The fourth-order valence-corrected chi connectivity index (χ4v) is 15.1. The van der Waals surface area contributed by atoms with E-state index in [-0.39, 0.29) is 86.9 Å². The number of rotatable bonds is 23. The van der Waals surface area contributed by atoms with Gasteiger partial charge in [-0.15, -0.1) is 10.2 Å². The van der Waals surface area contributed by atoms with Crippen LogP contribution < -0.4 is 5.32 Å². The van der Waals surface area contributed by atoms with E-state index in [1.165, 1.54) is 32.6 Å². The van der Waals surface area contributed by atoms with E-state index in [9.17, 15) is 114 Å². The van der Waals surface area contributed by atoms with Crippen molar-refractivity contribution in [2.75, 3.05) is 46.1 Å². The SMILES string of the molecule is C[C@@H](OC[C@@]1(c2ccccc2)CC[C@@](C)([N+](=O)[O-])CN1C(=O)OCc1ccccc1)c1cc(C(F)(F)F)cc(C(F)(F)F)c1.C[C@@H](OC[C@@]1(c2ccccc2)CC[C@@](C)(n2cnnc2)CN1)c1cc(C(F)(F)F)cc(C(F)(F)F)c1.C[C@@H](OC[C@@]1(c2ccccc2)CC[C@@](CO)([N+](=O)[O-])CN1C(=O)OCc1ccccc1)c1cc(C(F)(F)F)cc(C(F)(F)F)c1. The van der Waals surface area contributed by atoms with Crippen LogP contribution in [0, 0.1) is 20.2 Å². The van der Waals surface area contributed by atoms with Gasteiger partial charge in [0, 0.05) is 36.2 Å². The number of carbonyl (C=O) groups excluding carboxylic acids is 2. The van der Waals surface area contributed by atoms with Crippen LogP contribution in [0.3, 0.4) is 0 Å². The van der Waals surface area contributed by atoms with Crippen LogP contribution in [-0.4, -0.2) is 109 Å². The van der Waals surface area contributed by atoms with E-state index in [0.29, 0.717) is 78.0 Å². The van der Waals surface area contributed by atoms with Crippen LogP contribution in [0.1, 0.15) is 169 Å². The summed E-state index contributed by atoms with van der Waals surface area (Å²) < 4.78 is 273. The summed E-state index contributed by atoms with van der Waals surface area (Å²) in [5, 5.41) is 45.6. The Morgan fingerprint density at radius 3 is 1.06 bits per heavy atom. The van der Waals surface area contributed by atoms with E-state index in [0.717, 1.165) is 10.5 Å². The molecule has 125 heavy (non-hydrogen) atoms. The van der Waals surface area contributed by atoms with Gasteiger partial charge in [-0.2, -0.15) is 79.0 Å². The second-order valence-electron chi connectivity index (χ2n) is 31.5. The Balaban J connectivity index is 0.000000197. The maximum atomic E-state index is 13.7. The molecular weight excluding hydrogens is 1690 g/mol. The number of benzene rings is 8. The largest absolute Gasteiger partial charge is 0.445 e. The fourth-order valence-electron chi connectivity index (χ4n) is 15.1. The van der Waals surface area contributed by atoms with Gasteiger partial charge in [0.15, 0.2) is 0 Å². The second-order valence-corrected chi connectivity index (χ2v) is 31.5. The summed E-state index contributed by atoms with van der Waals surface area (Å²) in [6.07, 6.45) is -31.4. The summed E-state index contributed by atoms with van der Waals surface area (Å²) in [6, 6.07) is 47.3. The molecule has 0 bridgehead atoms. The zero-order valence-corrected chi connectivity index (χ0v) is 67.5. The van der Waals surface area contributed by atoms with Crippen molar-refractivity contribution in [2.24, 2.45) is 0 Å². The summed E-state index contributed by atoms with van der Waals surface area (Å²) in [7, 11) is 0. The predicted octanol–water partition coefficient (Wildman–Crippen LogP) is 21.4. The highest BCUT2D eigenvalue weighted by Crippen LogP contribution is 2.49. The Morgan fingerprint density at radius 2 is 0.752 bits per heavy atom. The van der Waals surface area contributed by atoms with E-state index >= 15 is 0 Å². The van der Waals surface area contributed by atoms with Crippen LogP contribution in [0.15, 0.2) is 219 Å². The minimum atomic E-state index is -5.07. The first-order valence-corrected chi connectivity index (χ1v) is 38.9. The second kappa shape index (κ2) is 38.3. The Labute approximate surface area is 704 Å². The number of aromatic nitrogens is 3. The van der Waals surface area contributed by atoms with E-state index in [4.69, 9.17) is 23.7 Å². The molecule has 8 aromatic carbocycles. The molecule has 9 atom stereocenters. The number of nitro groups is 2. The van der Waals surface area contributed by atoms with Crippen LogP contribution in [0.25, 0.3) is 0 Å². The number of hydrogen-bond donors (Lipinski definition) is 2. The van der Waals surface area contributed by atoms with Gasteiger partial charge in [0.2, 0.25) is 5.54 Å². The van der Waals surface area contributed by atoms with Gasteiger partial charge in [-0.25, -0.2) is 9.59 Å². The highest BCUT2D eigenvalue weighted by atomic mass is 19.4. The Bertz CT molecular complexity index is 5010. The van der Waals surface area contributed by atoms with Gasteiger partial charge in [0.05, 0.1) is 107 Å². The molecular formula is C87H86F18N8O12. The molecule has 0 saturated carbocycles. The third-order valence-corrected chi connectivity index (χ3v) is 22.9. The normalized spacial score (nSPS) is 22.1. The number of piperidine rings is 3. The maximum absolute atomic E-state index is 13.7. The monoisotopic (exact) mass is 1780 g/mol. The van der Waals surface area contributed by atoms with Crippen molar-refractivity contribution in [2.45, 2.75) is 175 Å². The van der Waals surface area contributed by atoms with Crippen LogP contribution in [0.2, 0.25) is 0 Å². The van der Waals surface area contributed by atoms with Crippen molar-refractivity contribution in [3.8, 4) is 0 Å². The lowest BCUT2D eigenvalue weighted by molar-refractivity contribution is -0.579. The smallest absolute Gasteiger partial charge is 0.416 e. The topological polar surface area (TPSA) is 236 Å². The van der Waals surface area contributed by atoms with Crippen molar-refractivity contribution in [3.05, 3.63) is 317 Å². The van der Waals surface area contributed by atoms with E-state index < -0.39 is 170 Å². The number of carbonyl (C=O) groups is 2. The predicted molar refractivity (Wildman–Crippen MR) is 415 cm³/mol. The number of alkyl halides is 18. The first-order valence-electron chi connectivity index (χ1n) is 38.9. The molecule has 0 unspecified atom stereocenters. The molecule has 2 N–H and O–H groups in total. The first-order chi connectivity index (χ1) is 58.5. The molecule has 3 aliphatic rings. The van der Waals surface area contributed by atoms with Crippen LogP contribution in [0.5, 0.6) is 0 Å². The number of nitrogens with zero attached hydrogens (tertiary/aromatic N) is 7. The van der Waals surface area contributed by atoms with E-state index in [1.807, 2.05) is 34.9 Å². The lowest BCUT2D eigenvalue weighted by Crippen LogP contribution is -2.65. The number of ether oxygens (including phenoxy) is 5. The molecule has 0 aliphatic carbocycles. The zero-order chi connectivity index (χ0) is 91.6. The van der Waals surface area contributed by atoms with Crippen LogP contribution in [0.4, 0.5) is 88.6 Å². The molecule has 0 radical (unpaired) electrons. The molecule has 3 fully saturated rings. The van der Waals surface area contributed by atoms with Crippen molar-refractivity contribution in [3.63, 3.8) is 0 Å². The molecule has 4 heterocycles. The first kappa shape index (κ1) is 96.0. The minimum absolute atomic E-state index is 0.00194. The molecule has 9 aromatic rings. The summed E-state index contributed by atoms with van der Waals surface area (Å²) in [5.41, 5.74) is -14.0. The quantitative estimate of drug-likeness (QED) is 0.0344. The lowest BCUT2D eigenvalue weighted by atomic mass is 9.75. The van der Waals surface area contributed by atoms with Gasteiger partial charge < -0.3 is 38.7 Å². The number of aliphatic hydroxyl groups excluding tert-OH is 1. The standard InChI is InChI=1S/C31H30F6N2O6.C31H30F6N2O5.C25H26F6N4O/c1-21(23-14-25(30(32,33)34)16-26(15-23)31(35,36)37)45-20-29(24-10-6-3-7-11-24)13-12-28(19-40,39(42)43)18-38(29)27(41)44-17-22-8-4-2-5-9-22;1-21(23-15-25(30(32,33)34)17-26(16-23)31(35,36)37)44-20-29(24-11-7-4-8-12-24)14-13-28(2,39(41)42)19-38(29)27(40)43-18-22-9-5-3-6-10-22;1-17(18-10-20(24(26,27)28)12-21(11-18)25(29,30)31)36-14-23(19-6-4-3-5-7-19)9-8-22(2,13-32-23)35-15-33-34-16-35/h2-11,14-16,21,40H,12-13,17-20H2,1H3;3-12,15-17,21H,13-14,18-20H2,1-2H3;3-7,10-12,15-17,32H,8-9,13-14H2,1-2H3/t2*21-,28-,29-;17-,22-,23-/m111/s1. The third-order valence-electron chi connectivity index (χ3n) is 22.9. The number of amides is 2. The van der Waals surface area contributed by atoms with E-state index in [2.05, 4.69) is 22.4 Å². The number of likely N-dealkylation sites (tertiary alicyclic amines) is 2. The molecule has 672 valence electrons. The molecule has 0 spiro atoms. The molecule has 38 heteroatoms. The number of nitrogens with one attached hydrogen (secondary N) is 1. The molecule has 2 amide bonds. The van der Waals surface area contributed by atoms with Crippen LogP contribution in [-0.2, 0) is 96.1 Å². The number of halogens is 18. The molecule has 3 saturated heterocycles. The zero-order valence-electron chi connectivity index (χ0n) is 67.5. The minimum Gasteiger partial charge on any atom is -0.445 e. The van der Waals surface area contributed by atoms with Gasteiger partial charge in [0.1, 0.15) is 32.5 Å². The van der Waals surface area contributed by atoms with Crippen LogP contribution >= 0.6 is 0 Å². The number of aliphatic hydroxyl groups is 1. The highest BCUT2D eigenvalue weighted by molar-refractivity contribution is 5.71. The Morgan fingerprint density at radius 1 is 0.432 bits per heavy atom. The fraction of sp³-hybridized carbons (Fsp3) is 0.402. The molecule has 12 rings (SSSR count). The Kier molecular flexibility index (Phi) is 29.4. The van der Waals surface area contributed by atoms with E-state index in [1.54, 1.807) is 134 Å².